The highest BCUT2D eigenvalue weighted by atomic mass is 79.9. The van der Waals surface area contributed by atoms with Crippen molar-refractivity contribution in [2.75, 3.05) is 28.3 Å². The first-order valence-corrected chi connectivity index (χ1v) is 18.1. The number of halogens is 5. The predicted octanol–water partition coefficient (Wildman–Crippen LogP) is 5.17. The van der Waals surface area contributed by atoms with Gasteiger partial charge in [-0.15, -0.1) is 9.19 Å². The first-order chi connectivity index (χ1) is 24.3. The van der Waals surface area contributed by atoms with Crippen molar-refractivity contribution < 1.29 is 53.4 Å². The smallest absolute Gasteiger partial charge is 0.433 e. The number of nitrogens with zero attached hydrogens (tertiary/aromatic N) is 6. The minimum atomic E-state index is -4.56. The number of esters is 1. The second-order valence-electron chi connectivity index (χ2n) is 10.6. The molecule has 0 saturated carbocycles. The minimum Gasteiger partial charge on any atom is -0.503 e. The molecule has 278 valence electrons. The highest BCUT2D eigenvalue weighted by Gasteiger charge is 2.33. The molecule has 0 bridgehead atoms. The quantitative estimate of drug-likeness (QED) is 0.0789. The normalized spacial score (nSPS) is 12.4. The van der Waals surface area contributed by atoms with Crippen LogP contribution in [0.1, 0.15) is 22.5 Å². The molecule has 0 fully saturated rings. The highest BCUT2D eigenvalue weighted by Crippen LogP contribution is 2.34. The van der Waals surface area contributed by atoms with E-state index in [1.807, 2.05) is 0 Å². The van der Waals surface area contributed by atoms with E-state index in [0.29, 0.717) is 25.1 Å². The van der Waals surface area contributed by atoms with Gasteiger partial charge in [0, 0.05) is 35.7 Å². The Labute approximate surface area is 303 Å². The fourth-order valence-electron chi connectivity index (χ4n) is 4.51. The van der Waals surface area contributed by atoms with Crippen molar-refractivity contribution in [3.05, 3.63) is 106 Å². The molecule has 0 aliphatic heterocycles. The van der Waals surface area contributed by atoms with Gasteiger partial charge in [0.1, 0.15) is 30.0 Å². The molecule has 0 unspecified atom stereocenters. The Morgan fingerprint density at radius 3 is 2.35 bits per heavy atom. The third-order valence-corrected chi connectivity index (χ3v) is 11.2. The van der Waals surface area contributed by atoms with Gasteiger partial charge in [-0.05, 0) is 58.2 Å². The Balaban J connectivity index is 0.000000233. The van der Waals surface area contributed by atoms with Gasteiger partial charge in [0.15, 0.2) is 0 Å². The van der Waals surface area contributed by atoms with Crippen LogP contribution in [0.15, 0.2) is 82.9 Å². The molecule has 0 aliphatic carbocycles. The van der Waals surface area contributed by atoms with Crippen molar-refractivity contribution in [2.45, 2.75) is 24.9 Å². The summed E-state index contributed by atoms with van der Waals surface area (Å²) in [6.45, 7) is 1.43. The Morgan fingerprint density at radius 2 is 1.71 bits per heavy atom. The number of alkyl halides is 3. The molecule has 52 heavy (non-hydrogen) atoms. The highest BCUT2D eigenvalue weighted by molar-refractivity contribution is 9.10. The summed E-state index contributed by atoms with van der Waals surface area (Å²) in [7, 11) is -3.22. The summed E-state index contributed by atoms with van der Waals surface area (Å²) in [6, 6.07) is 13.9. The summed E-state index contributed by atoms with van der Waals surface area (Å²) in [5.41, 5.74) is 0.510. The number of hydrogen-bond donors (Lipinski definition) is 0. The van der Waals surface area contributed by atoms with Crippen LogP contribution in [-0.2, 0) is 47.3 Å². The van der Waals surface area contributed by atoms with Gasteiger partial charge in [-0.2, -0.15) is 34.3 Å². The van der Waals surface area contributed by atoms with Crippen LogP contribution < -0.4 is 4.74 Å². The van der Waals surface area contributed by atoms with Crippen LogP contribution in [0.3, 0.4) is 0 Å². The maximum Gasteiger partial charge on any atom is 0.433 e. The van der Waals surface area contributed by atoms with E-state index in [1.165, 1.54) is 65.8 Å². The number of aromatic nitrogens is 5. The van der Waals surface area contributed by atoms with E-state index in [-0.39, 0.29) is 29.3 Å². The van der Waals surface area contributed by atoms with Gasteiger partial charge in [0.05, 0.1) is 26.0 Å². The van der Waals surface area contributed by atoms with Gasteiger partial charge < -0.3 is 14.2 Å². The van der Waals surface area contributed by atoms with E-state index in [2.05, 4.69) is 31.0 Å². The molecule has 3 heterocycles. The van der Waals surface area contributed by atoms with Gasteiger partial charge in [-0.25, -0.2) is 23.1 Å². The average molecular weight is 834 g/mol. The Kier molecular flexibility index (Phi) is 12.1. The lowest BCUT2D eigenvalue weighted by Crippen LogP contribution is -2.29. The van der Waals surface area contributed by atoms with Gasteiger partial charge in [0.25, 0.3) is 5.16 Å². The molecule has 0 saturated heterocycles. The number of methoxy groups -OCH3 is 2. The number of benzene rings is 2. The minimum absolute atomic E-state index is 0.0844. The van der Waals surface area contributed by atoms with Crippen molar-refractivity contribution in [3.63, 3.8) is 0 Å². The first kappa shape index (κ1) is 39.9. The van der Waals surface area contributed by atoms with Crippen LogP contribution >= 0.6 is 15.9 Å². The SMILES string of the molecule is CO/C=C(/C(=O)OC)c1ccccc1COc1cccc(C(F)(F)F)n1.Cc1c(Br)c2ccc(F)cc2n1S(=O)(=O)c1ncn(S(=O)(=O)N(C)C)n1. The zero-order valence-electron chi connectivity index (χ0n) is 27.8. The van der Waals surface area contributed by atoms with Crippen molar-refractivity contribution in [2.24, 2.45) is 0 Å². The fraction of sp³-hybridized carbons (Fsp3) is 0.226. The average Bonchev–Trinajstić information content (AvgIpc) is 3.70. The van der Waals surface area contributed by atoms with Crippen LogP contribution in [-0.4, -0.2) is 78.6 Å². The predicted molar refractivity (Wildman–Crippen MR) is 182 cm³/mol. The summed E-state index contributed by atoms with van der Waals surface area (Å²) in [5, 5.41) is 3.35. The molecule has 3 aromatic heterocycles. The van der Waals surface area contributed by atoms with Gasteiger partial charge in [0.2, 0.25) is 5.88 Å². The van der Waals surface area contributed by atoms with Gasteiger partial charge in [-0.1, -0.05) is 30.3 Å². The van der Waals surface area contributed by atoms with E-state index < -0.39 is 49.0 Å². The fourth-order valence-corrected chi connectivity index (χ4v) is 7.27. The molecule has 0 aliphatic rings. The van der Waals surface area contributed by atoms with Crippen molar-refractivity contribution in [3.8, 4) is 5.88 Å². The summed E-state index contributed by atoms with van der Waals surface area (Å²) in [4.78, 5) is 19.0. The Morgan fingerprint density at radius 1 is 1.02 bits per heavy atom. The first-order valence-electron chi connectivity index (χ1n) is 14.5. The zero-order valence-corrected chi connectivity index (χ0v) is 31.0. The van der Waals surface area contributed by atoms with Crippen LogP contribution in [0.5, 0.6) is 5.88 Å². The maximum absolute atomic E-state index is 13.7. The number of ether oxygens (including phenoxy) is 3. The molecule has 5 rings (SSSR count). The molecule has 0 spiro atoms. The number of hydrogen-bond acceptors (Lipinski definition) is 11. The summed E-state index contributed by atoms with van der Waals surface area (Å²) < 4.78 is 120. The topological polar surface area (TPSA) is 165 Å². The number of rotatable bonds is 10. The molecule has 0 radical (unpaired) electrons. The van der Waals surface area contributed by atoms with Crippen LogP contribution in [0.4, 0.5) is 17.6 Å². The van der Waals surface area contributed by atoms with Crippen molar-refractivity contribution >= 4 is 58.6 Å². The lowest BCUT2D eigenvalue weighted by molar-refractivity contribution is -0.141. The molecule has 21 heteroatoms. The summed E-state index contributed by atoms with van der Waals surface area (Å²) in [6.07, 6.45) is -2.54. The number of carbonyl (C=O) groups is 1. The standard InChI is InChI=1S/C18H16F3NO4.C13H13BrFN5O4S2/c1-24-11-14(17(23)25-2)13-7-4-3-6-12(13)10-26-16-9-5-8-15(22-16)18(19,20)21;1-8-12(14)10-5-4-9(15)6-11(10)20(8)25(21,22)13-16-7-19(17-13)26(23,24)18(2)3/h3-9,11H,10H2,1-2H3;4-7H,1-3H3/b14-11+;. The van der Waals surface area contributed by atoms with E-state index in [1.54, 1.807) is 24.3 Å². The number of carbonyl (C=O) groups excluding carboxylic acids is 1. The molecule has 0 amide bonds. The van der Waals surface area contributed by atoms with Gasteiger partial charge >= 0.3 is 32.4 Å². The second-order valence-corrected chi connectivity index (χ2v) is 15.1. The molecule has 14 nitrogen and oxygen atoms in total. The van der Waals surface area contributed by atoms with E-state index in [4.69, 9.17) is 14.2 Å². The molecular formula is C31H29BrF4N6O8S2. The van der Waals surface area contributed by atoms with Crippen LogP contribution in [0.25, 0.3) is 16.5 Å². The molecule has 5 aromatic rings. The zero-order chi connectivity index (χ0) is 38.6. The maximum atomic E-state index is 13.7. The summed E-state index contributed by atoms with van der Waals surface area (Å²) in [5.74, 6) is -1.41. The van der Waals surface area contributed by atoms with Crippen LogP contribution in [0.2, 0.25) is 0 Å². The van der Waals surface area contributed by atoms with E-state index in [9.17, 15) is 39.2 Å². The lowest BCUT2D eigenvalue weighted by atomic mass is 10.0. The van der Waals surface area contributed by atoms with Gasteiger partial charge in [-0.3, -0.25) is 0 Å². The Bertz CT molecular complexity index is 2360. The molecule has 2 aromatic carbocycles. The lowest BCUT2D eigenvalue weighted by Gasteiger charge is -2.13. The van der Waals surface area contributed by atoms with E-state index >= 15 is 0 Å². The van der Waals surface area contributed by atoms with E-state index in [0.717, 1.165) is 26.7 Å². The monoisotopic (exact) mass is 832 g/mol. The molecule has 0 atom stereocenters. The summed E-state index contributed by atoms with van der Waals surface area (Å²) >= 11 is 3.29. The third-order valence-electron chi connectivity index (χ3n) is 7.00. The van der Waals surface area contributed by atoms with Crippen LogP contribution in [0, 0.1) is 12.7 Å². The molecule has 0 N–H and O–H groups in total. The Hall–Kier alpha value is -4.86. The third kappa shape index (κ3) is 8.43. The van der Waals surface area contributed by atoms with Crippen molar-refractivity contribution in [1.82, 2.24) is 27.4 Å². The molecular weight excluding hydrogens is 804 g/mol. The van der Waals surface area contributed by atoms with Crippen molar-refractivity contribution in [1.29, 1.82) is 0 Å². The second kappa shape index (κ2) is 15.8. The largest absolute Gasteiger partial charge is 0.503 e. The number of fused-ring (bicyclic) bond motifs is 1. The number of pyridine rings is 1.